The summed E-state index contributed by atoms with van der Waals surface area (Å²) in [6.45, 7) is 11.5. The first-order chi connectivity index (χ1) is 8.69. The quantitative estimate of drug-likeness (QED) is 0.514. The van der Waals surface area contributed by atoms with Gasteiger partial charge in [0.2, 0.25) is 0 Å². The first-order valence-electron chi connectivity index (χ1n) is 6.87. The van der Waals surface area contributed by atoms with E-state index in [1.165, 1.54) is 0 Å². The van der Waals surface area contributed by atoms with Crippen LogP contribution in [0.4, 0.5) is 0 Å². The van der Waals surface area contributed by atoms with Crippen LogP contribution in [0.15, 0.2) is 0 Å². The zero-order chi connectivity index (χ0) is 14.9. The SMILES string of the molecule is CCOC(=O)C(C)(N)CCCOCCOC(C)(C)C. The van der Waals surface area contributed by atoms with Crippen LogP contribution in [0.5, 0.6) is 0 Å². The van der Waals surface area contributed by atoms with Crippen molar-refractivity contribution in [3.63, 3.8) is 0 Å². The molecule has 1 atom stereocenters. The van der Waals surface area contributed by atoms with Gasteiger partial charge in [0, 0.05) is 6.61 Å². The van der Waals surface area contributed by atoms with Gasteiger partial charge < -0.3 is 19.9 Å². The summed E-state index contributed by atoms with van der Waals surface area (Å²) in [5, 5.41) is 0. The summed E-state index contributed by atoms with van der Waals surface area (Å²) < 4.78 is 15.9. The lowest BCUT2D eigenvalue weighted by molar-refractivity contribution is -0.149. The van der Waals surface area contributed by atoms with E-state index in [0.717, 1.165) is 6.42 Å². The van der Waals surface area contributed by atoms with Crippen molar-refractivity contribution in [3.8, 4) is 0 Å². The van der Waals surface area contributed by atoms with E-state index in [1.54, 1.807) is 13.8 Å². The van der Waals surface area contributed by atoms with Gasteiger partial charge in [-0.15, -0.1) is 0 Å². The van der Waals surface area contributed by atoms with Gasteiger partial charge in [-0.3, -0.25) is 4.79 Å². The molecule has 0 aromatic heterocycles. The largest absolute Gasteiger partial charge is 0.465 e. The van der Waals surface area contributed by atoms with Crippen molar-refractivity contribution in [1.82, 2.24) is 0 Å². The van der Waals surface area contributed by atoms with Gasteiger partial charge in [-0.25, -0.2) is 0 Å². The van der Waals surface area contributed by atoms with Crippen LogP contribution in [0.1, 0.15) is 47.5 Å². The van der Waals surface area contributed by atoms with Crippen LogP contribution in [-0.2, 0) is 19.0 Å². The molecule has 0 aromatic carbocycles. The third-order valence-electron chi connectivity index (χ3n) is 2.49. The lowest BCUT2D eigenvalue weighted by atomic mass is 9.98. The molecular formula is C14H29NO4. The Morgan fingerprint density at radius 1 is 1.11 bits per heavy atom. The van der Waals surface area contributed by atoms with Crippen LogP contribution in [-0.4, -0.2) is 43.5 Å². The molecule has 1 unspecified atom stereocenters. The van der Waals surface area contributed by atoms with Crippen LogP contribution < -0.4 is 5.73 Å². The molecule has 5 nitrogen and oxygen atoms in total. The molecule has 0 aliphatic carbocycles. The Labute approximate surface area is 116 Å². The fraction of sp³-hybridized carbons (Fsp3) is 0.929. The number of carbonyl (C=O) groups is 1. The Balaban J connectivity index is 3.61. The number of ether oxygens (including phenoxy) is 3. The predicted molar refractivity (Wildman–Crippen MR) is 75.0 cm³/mol. The Kier molecular flexibility index (Phi) is 8.22. The van der Waals surface area contributed by atoms with Gasteiger partial charge in [-0.1, -0.05) is 0 Å². The van der Waals surface area contributed by atoms with E-state index in [4.69, 9.17) is 19.9 Å². The lowest BCUT2D eigenvalue weighted by Gasteiger charge is -2.22. The third-order valence-corrected chi connectivity index (χ3v) is 2.49. The van der Waals surface area contributed by atoms with Crippen molar-refractivity contribution >= 4 is 5.97 Å². The third kappa shape index (κ3) is 9.87. The van der Waals surface area contributed by atoms with Gasteiger partial charge in [-0.05, 0) is 47.5 Å². The highest BCUT2D eigenvalue weighted by atomic mass is 16.5. The maximum atomic E-state index is 11.5. The van der Waals surface area contributed by atoms with E-state index >= 15 is 0 Å². The second-order valence-electron chi connectivity index (χ2n) is 5.81. The Bertz CT molecular complexity index is 259. The molecule has 2 N–H and O–H groups in total. The molecule has 0 saturated carbocycles. The normalized spacial score (nSPS) is 15.1. The summed E-state index contributed by atoms with van der Waals surface area (Å²) in [7, 11) is 0. The average Bonchev–Trinajstić information content (AvgIpc) is 2.26. The molecular weight excluding hydrogens is 246 g/mol. The summed E-state index contributed by atoms with van der Waals surface area (Å²) in [6.07, 6.45) is 1.27. The average molecular weight is 275 g/mol. The number of rotatable bonds is 9. The molecule has 5 heteroatoms. The molecule has 114 valence electrons. The van der Waals surface area contributed by atoms with Crippen molar-refractivity contribution in [2.45, 2.75) is 58.6 Å². The highest BCUT2D eigenvalue weighted by molar-refractivity contribution is 5.79. The van der Waals surface area contributed by atoms with Crippen LogP contribution in [0.2, 0.25) is 0 Å². The molecule has 0 aliphatic heterocycles. The van der Waals surface area contributed by atoms with Crippen molar-refractivity contribution in [2.75, 3.05) is 26.4 Å². The first kappa shape index (κ1) is 18.4. The second-order valence-corrected chi connectivity index (χ2v) is 5.81. The number of carbonyl (C=O) groups excluding carboxylic acids is 1. The van der Waals surface area contributed by atoms with Crippen molar-refractivity contribution in [2.24, 2.45) is 5.73 Å². The standard InChI is InChI=1S/C14H29NO4/c1-6-18-12(16)14(5,15)8-7-9-17-10-11-19-13(2,3)4/h6-11,15H2,1-5H3. The van der Waals surface area contributed by atoms with Crippen molar-refractivity contribution < 1.29 is 19.0 Å². The summed E-state index contributed by atoms with van der Waals surface area (Å²) in [6, 6.07) is 0. The maximum absolute atomic E-state index is 11.5. The second kappa shape index (κ2) is 8.51. The Morgan fingerprint density at radius 2 is 1.74 bits per heavy atom. The van der Waals surface area contributed by atoms with Crippen LogP contribution in [0, 0.1) is 0 Å². The topological polar surface area (TPSA) is 70.8 Å². The molecule has 0 fully saturated rings. The number of hydrogen-bond acceptors (Lipinski definition) is 5. The van der Waals surface area contributed by atoms with Crippen molar-refractivity contribution in [3.05, 3.63) is 0 Å². The lowest BCUT2D eigenvalue weighted by Crippen LogP contribution is -2.46. The van der Waals surface area contributed by atoms with E-state index in [2.05, 4.69) is 0 Å². The summed E-state index contributed by atoms with van der Waals surface area (Å²) in [4.78, 5) is 11.5. The maximum Gasteiger partial charge on any atom is 0.325 e. The predicted octanol–water partition coefficient (Wildman–Crippen LogP) is 1.88. The van der Waals surface area contributed by atoms with E-state index in [9.17, 15) is 4.79 Å². The minimum atomic E-state index is -0.929. The molecule has 19 heavy (non-hydrogen) atoms. The van der Waals surface area contributed by atoms with Crippen LogP contribution in [0.3, 0.4) is 0 Å². The summed E-state index contributed by atoms with van der Waals surface area (Å²) in [5.74, 6) is -0.355. The number of hydrogen-bond donors (Lipinski definition) is 1. The van der Waals surface area contributed by atoms with E-state index < -0.39 is 5.54 Å². The summed E-state index contributed by atoms with van der Waals surface area (Å²) >= 11 is 0. The fourth-order valence-electron chi connectivity index (χ4n) is 1.45. The summed E-state index contributed by atoms with van der Waals surface area (Å²) in [5.41, 5.74) is 4.82. The minimum Gasteiger partial charge on any atom is -0.465 e. The molecule has 0 saturated heterocycles. The fourth-order valence-corrected chi connectivity index (χ4v) is 1.45. The van der Waals surface area contributed by atoms with Gasteiger partial charge in [-0.2, -0.15) is 0 Å². The molecule has 0 bridgehead atoms. The van der Waals surface area contributed by atoms with Gasteiger partial charge >= 0.3 is 5.97 Å². The smallest absolute Gasteiger partial charge is 0.325 e. The van der Waals surface area contributed by atoms with E-state index in [1.807, 2.05) is 20.8 Å². The number of esters is 1. The monoisotopic (exact) mass is 275 g/mol. The Morgan fingerprint density at radius 3 is 2.26 bits per heavy atom. The van der Waals surface area contributed by atoms with Gasteiger partial charge in [0.1, 0.15) is 5.54 Å². The first-order valence-corrected chi connectivity index (χ1v) is 6.87. The molecule has 0 aromatic rings. The van der Waals surface area contributed by atoms with E-state index in [-0.39, 0.29) is 11.6 Å². The Hall–Kier alpha value is -0.650. The van der Waals surface area contributed by atoms with Gasteiger partial charge in [0.25, 0.3) is 0 Å². The molecule has 0 aliphatic rings. The molecule has 0 rings (SSSR count). The van der Waals surface area contributed by atoms with Gasteiger partial charge in [0.05, 0.1) is 25.4 Å². The highest BCUT2D eigenvalue weighted by Crippen LogP contribution is 2.11. The minimum absolute atomic E-state index is 0.136. The molecule has 0 amide bonds. The zero-order valence-corrected chi connectivity index (χ0v) is 13.0. The van der Waals surface area contributed by atoms with Crippen LogP contribution >= 0.6 is 0 Å². The zero-order valence-electron chi connectivity index (χ0n) is 13.0. The molecule has 0 spiro atoms. The highest BCUT2D eigenvalue weighted by Gasteiger charge is 2.29. The van der Waals surface area contributed by atoms with Gasteiger partial charge in [0.15, 0.2) is 0 Å². The van der Waals surface area contributed by atoms with Crippen molar-refractivity contribution in [1.29, 1.82) is 0 Å². The number of nitrogens with two attached hydrogens (primary N) is 1. The molecule has 0 radical (unpaired) electrons. The van der Waals surface area contributed by atoms with Crippen LogP contribution in [0.25, 0.3) is 0 Å². The van der Waals surface area contributed by atoms with E-state index in [0.29, 0.717) is 32.8 Å². The molecule has 0 heterocycles.